The maximum absolute atomic E-state index is 12.2. The molecule has 60 valence electrons. The number of carboxylic acids is 1. The van der Waals surface area contributed by atoms with E-state index in [1.54, 1.807) is 0 Å². The zero-order valence-electron chi connectivity index (χ0n) is 5.45. The van der Waals surface area contributed by atoms with Crippen molar-refractivity contribution in [3.63, 3.8) is 0 Å². The van der Waals surface area contributed by atoms with Gasteiger partial charge in [-0.3, -0.25) is 0 Å². The summed E-state index contributed by atoms with van der Waals surface area (Å²) in [6.45, 7) is 0. The van der Waals surface area contributed by atoms with Gasteiger partial charge in [-0.2, -0.15) is 0 Å². The number of hydrogen-bond acceptors (Lipinski definition) is 1. The molecule has 0 aliphatic carbocycles. The molecule has 0 amide bonds. The molecule has 0 aliphatic heterocycles. The van der Waals surface area contributed by atoms with E-state index < -0.39 is 11.8 Å². The Morgan fingerprint density at radius 1 is 1.27 bits per heavy atom. The normalized spacial score (nSPS) is 8.45. The number of carboxylic acid groups (broad SMARTS) is 1. The Bertz CT molecular complexity index is 245. The molecule has 2 nitrogen and oxygen atoms in total. The van der Waals surface area contributed by atoms with Crippen LogP contribution in [0.2, 0.25) is 0 Å². The molecule has 1 N–H and O–H groups in total. The number of rotatable bonds is 1. The average Bonchev–Trinajstić information content (AvgIpc) is 1.88. The van der Waals surface area contributed by atoms with Crippen molar-refractivity contribution < 1.29 is 14.3 Å². The minimum Gasteiger partial charge on any atom is -0.478 e. The van der Waals surface area contributed by atoms with Gasteiger partial charge in [-0.05, 0) is 24.3 Å². The van der Waals surface area contributed by atoms with Crippen LogP contribution in [0.3, 0.4) is 0 Å². The highest BCUT2D eigenvalue weighted by atomic mass is 35.5. The molecule has 1 aromatic carbocycles. The third-order valence-corrected chi connectivity index (χ3v) is 1.09. The summed E-state index contributed by atoms with van der Waals surface area (Å²) in [7, 11) is 0. The van der Waals surface area contributed by atoms with Gasteiger partial charge in [-0.25, -0.2) is 9.18 Å². The van der Waals surface area contributed by atoms with Crippen LogP contribution in [0.4, 0.5) is 4.39 Å². The zero-order chi connectivity index (χ0) is 7.56. The molecule has 0 atom stereocenters. The first kappa shape index (κ1) is 9.91. The zero-order valence-corrected chi connectivity index (χ0v) is 6.27. The summed E-state index contributed by atoms with van der Waals surface area (Å²) in [6.07, 6.45) is 0. The molecule has 0 saturated carbocycles. The topological polar surface area (TPSA) is 37.3 Å². The van der Waals surface area contributed by atoms with Crippen LogP contribution in [-0.2, 0) is 0 Å². The Morgan fingerprint density at radius 2 is 1.73 bits per heavy atom. The van der Waals surface area contributed by atoms with Crippen molar-refractivity contribution in [2.24, 2.45) is 0 Å². The van der Waals surface area contributed by atoms with Gasteiger partial charge in [0.2, 0.25) is 0 Å². The molecule has 1 rings (SSSR count). The first-order valence-electron chi connectivity index (χ1n) is 2.69. The maximum Gasteiger partial charge on any atom is 0.335 e. The van der Waals surface area contributed by atoms with Gasteiger partial charge in [0.05, 0.1) is 5.56 Å². The molecule has 0 fully saturated rings. The van der Waals surface area contributed by atoms with Crippen LogP contribution in [-0.4, -0.2) is 11.1 Å². The third kappa shape index (κ3) is 2.55. The largest absolute Gasteiger partial charge is 0.478 e. The second-order valence-corrected chi connectivity index (χ2v) is 1.81. The molecule has 11 heavy (non-hydrogen) atoms. The average molecular weight is 177 g/mol. The summed E-state index contributed by atoms with van der Waals surface area (Å²) in [5, 5.41) is 8.35. The highest BCUT2D eigenvalue weighted by Gasteiger charge is 1.99. The van der Waals surface area contributed by atoms with Crippen molar-refractivity contribution >= 4 is 18.4 Å². The van der Waals surface area contributed by atoms with Gasteiger partial charge in [0, 0.05) is 0 Å². The molecule has 0 bridgehead atoms. The van der Waals surface area contributed by atoms with Crippen molar-refractivity contribution in [3.8, 4) is 0 Å². The second kappa shape index (κ2) is 3.93. The SMILES string of the molecule is Cl.O=C(O)c1ccc(F)cc1. The summed E-state index contributed by atoms with van der Waals surface area (Å²) >= 11 is 0. The van der Waals surface area contributed by atoms with Crippen LogP contribution in [0.5, 0.6) is 0 Å². The van der Waals surface area contributed by atoms with Crippen molar-refractivity contribution in [2.45, 2.75) is 0 Å². The Morgan fingerprint density at radius 3 is 2.09 bits per heavy atom. The summed E-state index contributed by atoms with van der Waals surface area (Å²) < 4.78 is 12.2. The van der Waals surface area contributed by atoms with E-state index in [0.717, 1.165) is 12.1 Å². The van der Waals surface area contributed by atoms with Gasteiger partial charge in [0.15, 0.2) is 0 Å². The van der Waals surface area contributed by atoms with Crippen molar-refractivity contribution in [3.05, 3.63) is 35.6 Å². The van der Waals surface area contributed by atoms with Crippen molar-refractivity contribution in [1.29, 1.82) is 0 Å². The lowest BCUT2D eigenvalue weighted by Crippen LogP contribution is -1.94. The summed E-state index contributed by atoms with van der Waals surface area (Å²) in [4.78, 5) is 10.2. The minimum atomic E-state index is -1.04. The molecular formula is C7H6ClFO2. The fraction of sp³-hybridized carbons (Fsp3) is 0. The Hall–Kier alpha value is -1.09. The minimum absolute atomic E-state index is 0. The molecule has 1 aromatic rings. The summed E-state index contributed by atoms with van der Waals surface area (Å²) in [5.74, 6) is -1.47. The first-order valence-corrected chi connectivity index (χ1v) is 2.69. The van der Waals surface area contributed by atoms with Crippen molar-refractivity contribution in [2.75, 3.05) is 0 Å². The highest BCUT2D eigenvalue weighted by Crippen LogP contribution is 2.01. The van der Waals surface area contributed by atoms with E-state index in [2.05, 4.69) is 0 Å². The predicted octanol–water partition coefficient (Wildman–Crippen LogP) is 1.95. The number of aromatic carboxylic acids is 1. The van der Waals surface area contributed by atoms with Gasteiger partial charge in [-0.1, -0.05) is 0 Å². The lowest BCUT2D eigenvalue weighted by atomic mass is 10.2. The first-order chi connectivity index (χ1) is 4.70. The summed E-state index contributed by atoms with van der Waals surface area (Å²) in [6, 6.07) is 4.67. The van der Waals surface area contributed by atoms with Gasteiger partial charge < -0.3 is 5.11 Å². The van der Waals surface area contributed by atoms with Crippen LogP contribution in [0.25, 0.3) is 0 Å². The molecule has 0 heterocycles. The standard InChI is InChI=1S/C7H5FO2.ClH/c8-6-3-1-5(2-4-6)7(9)10;/h1-4H,(H,9,10);1H. The van der Waals surface area contributed by atoms with Gasteiger partial charge in [0.1, 0.15) is 5.82 Å². The Kier molecular flexibility index (Phi) is 3.54. The molecule has 4 heteroatoms. The van der Waals surface area contributed by atoms with E-state index in [1.165, 1.54) is 12.1 Å². The maximum atomic E-state index is 12.2. The Balaban J connectivity index is 0.000001000. The van der Waals surface area contributed by atoms with Crippen LogP contribution >= 0.6 is 12.4 Å². The van der Waals surface area contributed by atoms with Crippen LogP contribution in [0.1, 0.15) is 10.4 Å². The quantitative estimate of drug-likeness (QED) is 0.710. The van der Waals surface area contributed by atoms with E-state index in [4.69, 9.17) is 5.11 Å². The Labute approximate surface area is 69.1 Å². The fourth-order valence-electron chi connectivity index (χ4n) is 0.592. The van der Waals surface area contributed by atoms with Gasteiger partial charge in [0.25, 0.3) is 0 Å². The van der Waals surface area contributed by atoms with Crippen LogP contribution in [0, 0.1) is 5.82 Å². The monoisotopic (exact) mass is 176 g/mol. The second-order valence-electron chi connectivity index (χ2n) is 1.81. The van der Waals surface area contributed by atoms with E-state index >= 15 is 0 Å². The number of benzene rings is 1. The van der Waals surface area contributed by atoms with Crippen LogP contribution in [0.15, 0.2) is 24.3 Å². The predicted molar refractivity (Wildman–Crippen MR) is 40.6 cm³/mol. The lowest BCUT2D eigenvalue weighted by Gasteiger charge is -1.90. The van der Waals surface area contributed by atoms with E-state index in [0.29, 0.717) is 0 Å². The van der Waals surface area contributed by atoms with E-state index in [-0.39, 0.29) is 18.0 Å². The number of halogens is 2. The van der Waals surface area contributed by atoms with Gasteiger partial charge in [-0.15, -0.1) is 12.4 Å². The molecule has 0 saturated heterocycles. The molecular weight excluding hydrogens is 171 g/mol. The molecule has 0 aliphatic rings. The molecule has 0 aromatic heterocycles. The third-order valence-electron chi connectivity index (χ3n) is 1.09. The number of carbonyl (C=O) groups is 1. The van der Waals surface area contributed by atoms with Gasteiger partial charge >= 0.3 is 5.97 Å². The lowest BCUT2D eigenvalue weighted by molar-refractivity contribution is 0.0697. The summed E-state index contributed by atoms with van der Waals surface area (Å²) in [5.41, 5.74) is 0.0985. The number of hydrogen-bond donors (Lipinski definition) is 1. The fourth-order valence-corrected chi connectivity index (χ4v) is 0.592. The molecule has 0 unspecified atom stereocenters. The smallest absolute Gasteiger partial charge is 0.335 e. The van der Waals surface area contributed by atoms with Crippen LogP contribution < -0.4 is 0 Å². The molecule has 0 spiro atoms. The van der Waals surface area contributed by atoms with Crippen molar-refractivity contribution in [1.82, 2.24) is 0 Å². The van der Waals surface area contributed by atoms with E-state index in [1.807, 2.05) is 0 Å². The molecule has 0 radical (unpaired) electrons. The highest BCUT2D eigenvalue weighted by molar-refractivity contribution is 5.87. The van der Waals surface area contributed by atoms with E-state index in [9.17, 15) is 9.18 Å².